The molecule has 0 radical (unpaired) electrons. The molecule has 1 fully saturated rings. The fourth-order valence-electron chi connectivity index (χ4n) is 4.58. The number of para-hydroxylation sites is 2. The number of fused-ring (bicyclic) bond motifs is 1. The Balaban J connectivity index is 1.29. The molecule has 1 atom stereocenters. The Morgan fingerprint density at radius 1 is 1.20 bits per heavy atom. The predicted octanol–water partition coefficient (Wildman–Crippen LogP) is 4.35. The number of H-pyrrole nitrogens is 1. The van der Waals surface area contributed by atoms with Crippen LogP contribution in [0.4, 0.5) is 0 Å². The van der Waals surface area contributed by atoms with Crippen LogP contribution < -0.4 is 4.74 Å². The van der Waals surface area contributed by atoms with Crippen LogP contribution >= 0.6 is 0 Å². The number of benzene rings is 2. The Kier molecular flexibility index (Phi) is 7.03. The predicted molar refractivity (Wildman–Crippen MR) is 123 cm³/mol. The van der Waals surface area contributed by atoms with Crippen molar-refractivity contribution in [3.8, 4) is 5.75 Å². The number of aromatic amines is 1. The van der Waals surface area contributed by atoms with Gasteiger partial charge in [-0.05, 0) is 68.1 Å². The number of hydrogen-bond acceptors (Lipinski definition) is 4. The average Bonchev–Trinajstić information content (AvgIpc) is 3.20. The molecule has 30 heavy (non-hydrogen) atoms. The third kappa shape index (κ3) is 5.41. The summed E-state index contributed by atoms with van der Waals surface area (Å²) in [7, 11) is 1.74. The number of nitrogens with zero attached hydrogens (tertiary/aromatic N) is 3. The summed E-state index contributed by atoms with van der Waals surface area (Å²) in [6, 6.07) is 16.8. The number of rotatable bonds is 9. The lowest BCUT2D eigenvalue weighted by molar-refractivity contribution is 0.132. The van der Waals surface area contributed by atoms with Gasteiger partial charge < -0.3 is 14.6 Å². The molecule has 1 aliphatic rings. The first-order valence-corrected chi connectivity index (χ1v) is 11.2. The number of likely N-dealkylation sites (tertiary alicyclic amines) is 1. The second kappa shape index (κ2) is 10.1. The lowest BCUT2D eigenvalue weighted by atomic mass is 9.97. The van der Waals surface area contributed by atoms with Crippen LogP contribution in [-0.4, -0.2) is 59.6 Å². The molecule has 1 saturated heterocycles. The first kappa shape index (κ1) is 20.9. The highest BCUT2D eigenvalue weighted by molar-refractivity contribution is 5.74. The number of hydrogen-bond donors (Lipinski definition) is 1. The number of nitrogens with one attached hydrogen (secondary N) is 1. The molecule has 0 bridgehead atoms. The van der Waals surface area contributed by atoms with E-state index in [0.717, 1.165) is 61.1 Å². The van der Waals surface area contributed by atoms with Crippen molar-refractivity contribution in [1.29, 1.82) is 0 Å². The second-order valence-corrected chi connectivity index (χ2v) is 8.44. The van der Waals surface area contributed by atoms with Crippen LogP contribution in [0.3, 0.4) is 0 Å². The zero-order chi connectivity index (χ0) is 20.8. The van der Waals surface area contributed by atoms with Crippen LogP contribution in [0, 0.1) is 5.92 Å². The highest BCUT2D eigenvalue weighted by Crippen LogP contribution is 2.20. The standard InChI is InChI=1S/C25H34N4O/c1-3-28(19-25-26-23-11-4-5-12-24(23)27-25)17-21-9-7-14-29(18-21)15-13-20-8-6-10-22(16-20)30-2/h4-6,8,10-12,16,21H,3,7,9,13-15,17-19H2,1-2H3,(H,26,27)/t21-/m0/s1. The molecular formula is C25H34N4O. The zero-order valence-corrected chi connectivity index (χ0v) is 18.3. The Morgan fingerprint density at radius 3 is 2.93 bits per heavy atom. The van der Waals surface area contributed by atoms with Gasteiger partial charge in [-0.15, -0.1) is 0 Å². The Hall–Kier alpha value is -2.37. The first-order valence-electron chi connectivity index (χ1n) is 11.2. The lowest BCUT2D eigenvalue weighted by Gasteiger charge is -2.35. The number of imidazole rings is 1. The maximum absolute atomic E-state index is 5.36. The van der Waals surface area contributed by atoms with Crippen molar-refractivity contribution in [2.24, 2.45) is 5.92 Å². The van der Waals surface area contributed by atoms with E-state index in [2.05, 4.69) is 58.1 Å². The summed E-state index contributed by atoms with van der Waals surface area (Å²) in [6.45, 7) is 8.88. The van der Waals surface area contributed by atoms with Crippen LogP contribution in [0.1, 0.15) is 31.2 Å². The monoisotopic (exact) mass is 406 g/mol. The molecule has 1 N–H and O–H groups in total. The normalized spacial score (nSPS) is 17.6. The summed E-state index contributed by atoms with van der Waals surface area (Å²) < 4.78 is 5.36. The summed E-state index contributed by atoms with van der Waals surface area (Å²) in [5.41, 5.74) is 3.55. The molecule has 0 saturated carbocycles. The van der Waals surface area contributed by atoms with E-state index in [1.54, 1.807) is 7.11 Å². The van der Waals surface area contributed by atoms with E-state index in [1.807, 2.05) is 12.1 Å². The molecule has 2 aromatic carbocycles. The van der Waals surface area contributed by atoms with E-state index < -0.39 is 0 Å². The van der Waals surface area contributed by atoms with Gasteiger partial charge in [0.2, 0.25) is 0 Å². The molecule has 0 aliphatic carbocycles. The second-order valence-electron chi connectivity index (χ2n) is 8.44. The molecule has 3 aromatic rings. The van der Waals surface area contributed by atoms with Crippen molar-refractivity contribution in [3.63, 3.8) is 0 Å². The van der Waals surface area contributed by atoms with Gasteiger partial charge >= 0.3 is 0 Å². The number of ether oxygens (including phenoxy) is 1. The van der Waals surface area contributed by atoms with Gasteiger partial charge in [0.15, 0.2) is 0 Å². The maximum Gasteiger partial charge on any atom is 0.121 e. The lowest BCUT2D eigenvalue weighted by Crippen LogP contribution is -2.41. The third-order valence-electron chi connectivity index (χ3n) is 6.23. The van der Waals surface area contributed by atoms with Gasteiger partial charge in [-0.3, -0.25) is 4.90 Å². The van der Waals surface area contributed by atoms with E-state index in [9.17, 15) is 0 Å². The summed E-state index contributed by atoms with van der Waals surface area (Å²) in [5.74, 6) is 2.75. The van der Waals surface area contributed by atoms with Crippen molar-refractivity contribution < 1.29 is 4.74 Å². The van der Waals surface area contributed by atoms with E-state index in [4.69, 9.17) is 9.72 Å². The van der Waals surface area contributed by atoms with E-state index in [0.29, 0.717) is 0 Å². The van der Waals surface area contributed by atoms with Gasteiger partial charge in [0.25, 0.3) is 0 Å². The highest BCUT2D eigenvalue weighted by atomic mass is 16.5. The molecule has 0 amide bonds. The molecule has 1 aromatic heterocycles. The molecule has 0 unspecified atom stereocenters. The van der Waals surface area contributed by atoms with Gasteiger partial charge in [-0.1, -0.05) is 31.2 Å². The minimum Gasteiger partial charge on any atom is -0.497 e. The van der Waals surface area contributed by atoms with Gasteiger partial charge in [0.05, 0.1) is 24.7 Å². The van der Waals surface area contributed by atoms with E-state index >= 15 is 0 Å². The Bertz CT molecular complexity index is 905. The zero-order valence-electron chi connectivity index (χ0n) is 18.3. The van der Waals surface area contributed by atoms with Gasteiger partial charge in [-0.2, -0.15) is 0 Å². The fourth-order valence-corrected chi connectivity index (χ4v) is 4.58. The number of aromatic nitrogens is 2. The summed E-state index contributed by atoms with van der Waals surface area (Å²) in [5, 5.41) is 0. The minimum atomic E-state index is 0.730. The van der Waals surface area contributed by atoms with Crippen LogP contribution in [-0.2, 0) is 13.0 Å². The smallest absolute Gasteiger partial charge is 0.121 e. The number of methoxy groups -OCH3 is 1. The molecule has 5 heteroatoms. The van der Waals surface area contributed by atoms with Crippen molar-refractivity contribution in [3.05, 3.63) is 59.9 Å². The topological polar surface area (TPSA) is 44.4 Å². The van der Waals surface area contributed by atoms with Crippen molar-refractivity contribution in [1.82, 2.24) is 19.8 Å². The Labute approximate surface area is 180 Å². The third-order valence-corrected chi connectivity index (χ3v) is 6.23. The highest BCUT2D eigenvalue weighted by Gasteiger charge is 2.22. The van der Waals surface area contributed by atoms with Gasteiger partial charge in [0, 0.05) is 19.6 Å². The first-order chi connectivity index (χ1) is 14.7. The van der Waals surface area contributed by atoms with Gasteiger partial charge in [-0.25, -0.2) is 4.98 Å². The molecule has 5 nitrogen and oxygen atoms in total. The summed E-state index contributed by atoms with van der Waals surface area (Å²) >= 11 is 0. The van der Waals surface area contributed by atoms with Crippen LogP contribution in [0.2, 0.25) is 0 Å². The molecule has 1 aliphatic heterocycles. The summed E-state index contributed by atoms with van der Waals surface area (Å²) in [4.78, 5) is 13.4. The molecule has 0 spiro atoms. The quantitative estimate of drug-likeness (QED) is 0.574. The largest absolute Gasteiger partial charge is 0.497 e. The Morgan fingerprint density at radius 2 is 2.10 bits per heavy atom. The molecular weight excluding hydrogens is 372 g/mol. The molecule has 160 valence electrons. The molecule has 2 heterocycles. The summed E-state index contributed by atoms with van der Waals surface area (Å²) in [6.07, 6.45) is 3.71. The van der Waals surface area contributed by atoms with Crippen molar-refractivity contribution in [2.75, 3.05) is 39.8 Å². The van der Waals surface area contributed by atoms with Crippen molar-refractivity contribution >= 4 is 11.0 Å². The number of piperidine rings is 1. The van der Waals surface area contributed by atoms with E-state index in [-0.39, 0.29) is 0 Å². The maximum atomic E-state index is 5.36. The van der Waals surface area contributed by atoms with Crippen LogP contribution in [0.25, 0.3) is 11.0 Å². The van der Waals surface area contributed by atoms with E-state index in [1.165, 1.54) is 31.5 Å². The minimum absolute atomic E-state index is 0.730. The molecule has 4 rings (SSSR count). The van der Waals surface area contributed by atoms with Crippen molar-refractivity contribution in [2.45, 2.75) is 32.7 Å². The van der Waals surface area contributed by atoms with Crippen LogP contribution in [0.5, 0.6) is 5.75 Å². The average molecular weight is 407 g/mol. The van der Waals surface area contributed by atoms with Gasteiger partial charge in [0.1, 0.15) is 11.6 Å². The van der Waals surface area contributed by atoms with Crippen LogP contribution in [0.15, 0.2) is 48.5 Å². The SMILES string of the molecule is CCN(Cc1nc2ccccc2[nH]1)C[C@@H]1CCCN(CCc2cccc(OC)c2)C1. The fraction of sp³-hybridized carbons (Fsp3) is 0.480.